The standard InChI is InChI=1S/C16H10BrN3O3S/c1-22-13-7-11(17)9(6-12(13)21)5-10(8-18)16-19-15(20-23-16)14-3-2-4-24-14/h2-7,21H,1H3/b10-5+. The molecule has 0 amide bonds. The normalized spacial score (nSPS) is 11.3. The van der Waals surface area contributed by atoms with Gasteiger partial charge in [0.1, 0.15) is 11.6 Å². The molecule has 24 heavy (non-hydrogen) atoms. The van der Waals surface area contributed by atoms with Crippen LogP contribution in [0.15, 0.2) is 38.6 Å². The molecule has 0 saturated carbocycles. The van der Waals surface area contributed by atoms with Crippen molar-refractivity contribution < 1.29 is 14.4 Å². The first-order valence-corrected chi connectivity index (χ1v) is 8.36. The van der Waals surface area contributed by atoms with Crippen LogP contribution < -0.4 is 4.74 Å². The molecule has 0 aliphatic rings. The van der Waals surface area contributed by atoms with Crippen molar-refractivity contribution >= 4 is 38.9 Å². The molecule has 2 aromatic heterocycles. The van der Waals surface area contributed by atoms with Gasteiger partial charge >= 0.3 is 0 Å². The van der Waals surface area contributed by atoms with Gasteiger partial charge in [-0.3, -0.25) is 0 Å². The fraction of sp³-hybridized carbons (Fsp3) is 0.0625. The molecule has 0 unspecified atom stereocenters. The van der Waals surface area contributed by atoms with Gasteiger partial charge in [-0.1, -0.05) is 27.2 Å². The molecular weight excluding hydrogens is 394 g/mol. The summed E-state index contributed by atoms with van der Waals surface area (Å²) in [6, 6.07) is 8.88. The molecule has 3 rings (SSSR count). The molecule has 6 nitrogen and oxygen atoms in total. The summed E-state index contributed by atoms with van der Waals surface area (Å²) in [5, 5.41) is 25.1. The van der Waals surface area contributed by atoms with Gasteiger partial charge in [-0.2, -0.15) is 10.2 Å². The van der Waals surface area contributed by atoms with Crippen LogP contribution in [0.2, 0.25) is 0 Å². The van der Waals surface area contributed by atoms with Crippen molar-refractivity contribution in [1.29, 1.82) is 5.26 Å². The minimum atomic E-state index is -0.0333. The Morgan fingerprint density at radius 3 is 3.00 bits per heavy atom. The largest absolute Gasteiger partial charge is 0.504 e. The highest BCUT2D eigenvalue weighted by atomic mass is 79.9. The molecule has 120 valence electrons. The second-order valence-corrected chi connectivity index (χ2v) is 6.42. The van der Waals surface area contributed by atoms with Gasteiger partial charge in [0.15, 0.2) is 11.5 Å². The molecule has 0 fully saturated rings. The Kier molecular flexibility index (Phi) is 4.64. The second kappa shape index (κ2) is 6.86. The van der Waals surface area contributed by atoms with Gasteiger partial charge < -0.3 is 14.4 Å². The number of phenols is 1. The molecule has 1 N–H and O–H groups in total. The van der Waals surface area contributed by atoms with E-state index >= 15 is 0 Å². The summed E-state index contributed by atoms with van der Waals surface area (Å²) in [7, 11) is 1.46. The number of hydrogen-bond acceptors (Lipinski definition) is 7. The van der Waals surface area contributed by atoms with E-state index in [1.54, 1.807) is 12.1 Å². The number of rotatable bonds is 4. The summed E-state index contributed by atoms with van der Waals surface area (Å²) < 4.78 is 10.9. The zero-order chi connectivity index (χ0) is 17.1. The van der Waals surface area contributed by atoms with Crippen molar-refractivity contribution in [3.05, 3.63) is 45.6 Å². The van der Waals surface area contributed by atoms with Crippen LogP contribution in [0.4, 0.5) is 0 Å². The van der Waals surface area contributed by atoms with Gasteiger partial charge in [-0.15, -0.1) is 11.3 Å². The third-order valence-electron chi connectivity index (χ3n) is 3.12. The number of methoxy groups -OCH3 is 1. The fourth-order valence-corrected chi connectivity index (χ4v) is 3.06. The molecule has 8 heteroatoms. The number of ether oxygens (including phenoxy) is 1. The number of benzene rings is 1. The summed E-state index contributed by atoms with van der Waals surface area (Å²) in [4.78, 5) is 5.10. The first kappa shape index (κ1) is 16.2. The van der Waals surface area contributed by atoms with E-state index in [-0.39, 0.29) is 17.2 Å². The lowest BCUT2D eigenvalue weighted by atomic mass is 10.1. The Labute approximate surface area is 149 Å². The maximum Gasteiger partial charge on any atom is 0.268 e. The van der Waals surface area contributed by atoms with Crippen LogP contribution in [0.3, 0.4) is 0 Å². The van der Waals surface area contributed by atoms with Gasteiger partial charge in [-0.25, -0.2) is 0 Å². The number of aromatic nitrogens is 2. The zero-order valence-electron chi connectivity index (χ0n) is 12.4. The van der Waals surface area contributed by atoms with Crippen LogP contribution in [-0.4, -0.2) is 22.4 Å². The number of aromatic hydroxyl groups is 1. The zero-order valence-corrected chi connectivity index (χ0v) is 14.8. The average molecular weight is 404 g/mol. The van der Waals surface area contributed by atoms with Crippen molar-refractivity contribution in [2.45, 2.75) is 0 Å². The van der Waals surface area contributed by atoms with Crippen molar-refractivity contribution in [3.8, 4) is 28.3 Å². The third kappa shape index (κ3) is 3.18. The molecule has 0 atom stereocenters. The van der Waals surface area contributed by atoms with Crippen LogP contribution in [0, 0.1) is 11.3 Å². The minimum Gasteiger partial charge on any atom is -0.504 e. The van der Waals surface area contributed by atoms with Crippen molar-refractivity contribution in [1.82, 2.24) is 10.1 Å². The summed E-state index contributed by atoms with van der Waals surface area (Å²) >= 11 is 4.86. The van der Waals surface area contributed by atoms with E-state index < -0.39 is 0 Å². The maximum atomic E-state index is 9.89. The van der Waals surface area contributed by atoms with Gasteiger partial charge in [-0.05, 0) is 35.2 Å². The highest BCUT2D eigenvalue weighted by Gasteiger charge is 2.15. The summed E-state index contributed by atoms with van der Waals surface area (Å²) in [5.41, 5.74) is 0.774. The molecule has 2 heterocycles. The van der Waals surface area contributed by atoms with Crippen LogP contribution in [0.25, 0.3) is 22.4 Å². The van der Waals surface area contributed by atoms with E-state index in [2.05, 4.69) is 26.1 Å². The van der Waals surface area contributed by atoms with Crippen LogP contribution in [0.5, 0.6) is 11.5 Å². The summed E-state index contributed by atoms with van der Waals surface area (Å²) in [6.45, 7) is 0. The Hall–Kier alpha value is -2.63. The predicted octanol–water partition coefficient (Wildman–Crippen LogP) is 4.34. The van der Waals surface area contributed by atoms with Crippen LogP contribution >= 0.6 is 27.3 Å². The number of nitrogens with zero attached hydrogens (tertiary/aromatic N) is 3. The lowest BCUT2D eigenvalue weighted by Crippen LogP contribution is -1.87. The van der Waals surface area contributed by atoms with Crippen molar-refractivity contribution in [2.75, 3.05) is 7.11 Å². The SMILES string of the molecule is COc1cc(Br)c(/C=C(\C#N)c2nc(-c3cccs3)no2)cc1O. The van der Waals surface area contributed by atoms with E-state index in [9.17, 15) is 10.4 Å². The number of hydrogen-bond donors (Lipinski definition) is 1. The summed E-state index contributed by atoms with van der Waals surface area (Å²) in [5.74, 6) is 0.838. The lowest BCUT2D eigenvalue weighted by molar-refractivity contribution is 0.373. The van der Waals surface area contributed by atoms with Crippen LogP contribution in [0.1, 0.15) is 11.5 Å². The fourth-order valence-electron chi connectivity index (χ4n) is 1.97. The molecular formula is C16H10BrN3O3S. The number of allylic oxidation sites excluding steroid dienone is 1. The maximum absolute atomic E-state index is 9.89. The minimum absolute atomic E-state index is 0.0333. The molecule has 3 aromatic rings. The van der Waals surface area contributed by atoms with E-state index in [0.717, 1.165) is 4.88 Å². The van der Waals surface area contributed by atoms with E-state index in [1.165, 1.54) is 24.5 Å². The number of phenolic OH excluding ortho intramolecular Hbond substituents is 1. The van der Waals surface area contributed by atoms with E-state index in [0.29, 0.717) is 21.6 Å². The van der Waals surface area contributed by atoms with Crippen molar-refractivity contribution in [3.63, 3.8) is 0 Å². The number of thiophene rings is 1. The molecule has 1 aromatic carbocycles. The Morgan fingerprint density at radius 1 is 1.50 bits per heavy atom. The van der Waals surface area contributed by atoms with Gasteiger partial charge in [0.05, 0.1) is 12.0 Å². The second-order valence-electron chi connectivity index (χ2n) is 4.62. The number of nitriles is 1. The quantitative estimate of drug-likeness (QED) is 0.651. The van der Waals surface area contributed by atoms with E-state index in [1.807, 2.05) is 23.6 Å². The molecule has 0 aliphatic carbocycles. The number of halogens is 1. The van der Waals surface area contributed by atoms with Gasteiger partial charge in [0.2, 0.25) is 5.82 Å². The Balaban J connectivity index is 1.99. The van der Waals surface area contributed by atoms with E-state index in [4.69, 9.17) is 9.26 Å². The first-order valence-electron chi connectivity index (χ1n) is 6.68. The highest BCUT2D eigenvalue weighted by molar-refractivity contribution is 9.10. The first-order chi connectivity index (χ1) is 11.6. The van der Waals surface area contributed by atoms with Crippen LogP contribution in [-0.2, 0) is 0 Å². The van der Waals surface area contributed by atoms with Gasteiger partial charge in [0, 0.05) is 4.47 Å². The predicted molar refractivity (Wildman–Crippen MR) is 93.5 cm³/mol. The summed E-state index contributed by atoms with van der Waals surface area (Å²) in [6.07, 6.45) is 1.55. The molecule has 0 radical (unpaired) electrons. The van der Waals surface area contributed by atoms with Gasteiger partial charge in [0.25, 0.3) is 5.89 Å². The topological polar surface area (TPSA) is 92.2 Å². The monoisotopic (exact) mass is 403 g/mol. The molecule has 0 saturated heterocycles. The van der Waals surface area contributed by atoms with Crippen molar-refractivity contribution in [2.24, 2.45) is 0 Å². The lowest BCUT2D eigenvalue weighted by Gasteiger charge is -2.06. The molecule has 0 spiro atoms. The molecule has 0 bridgehead atoms. The highest BCUT2D eigenvalue weighted by Crippen LogP contribution is 2.34. The molecule has 0 aliphatic heterocycles. The third-order valence-corrected chi connectivity index (χ3v) is 4.67. The Morgan fingerprint density at radius 2 is 2.33 bits per heavy atom. The Bertz CT molecular complexity index is 942. The average Bonchev–Trinajstić information content (AvgIpc) is 3.26. The smallest absolute Gasteiger partial charge is 0.268 e.